The number of hydrazine groups is 1. The third-order valence-electron chi connectivity index (χ3n) is 2.90. The van der Waals surface area contributed by atoms with Gasteiger partial charge in [-0.15, -0.1) is 0 Å². The topological polar surface area (TPSA) is 60.4 Å². The lowest BCUT2D eigenvalue weighted by Gasteiger charge is -2.29. The summed E-state index contributed by atoms with van der Waals surface area (Å²) in [6.45, 7) is 1.64. The van der Waals surface area contributed by atoms with E-state index < -0.39 is 0 Å². The third kappa shape index (κ3) is 2.42. The van der Waals surface area contributed by atoms with Crippen LogP contribution < -0.4 is 11.3 Å². The summed E-state index contributed by atoms with van der Waals surface area (Å²) in [6.07, 6.45) is 3.74. The van der Waals surface area contributed by atoms with Crippen molar-refractivity contribution < 1.29 is 9.15 Å². The Morgan fingerprint density at radius 2 is 2.20 bits per heavy atom. The Labute approximate surface area is 97.3 Å². The standard InChI is InChI=1S/C10H15BrN2O2/c11-10-8(3-6-15-10)9(13-12)7-1-4-14-5-2-7/h3,6-7,9,13H,1-2,4-5,12H2. The van der Waals surface area contributed by atoms with Crippen LogP contribution in [-0.4, -0.2) is 13.2 Å². The predicted molar refractivity (Wildman–Crippen MR) is 60.0 cm³/mol. The molecule has 5 heteroatoms. The van der Waals surface area contributed by atoms with E-state index >= 15 is 0 Å². The molecule has 2 heterocycles. The van der Waals surface area contributed by atoms with Crippen molar-refractivity contribution in [2.45, 2.75) is 18.9 Å². The summed E-state index contributed by atoms with van der Waals surface area (Å²) in [4.78, 5) is 0. The normalized spacial score (nSPS) is 20.4. The van der Waals surface area contributed by atoms with E-state index in [-0.39, 0.29) is 6.04 Å². The van der Waals surface area contributed by atoms with Crippen LogP contribution in [0.2, 0.25) is 0 Å². The Balaban J connectivity index is 2.12. The van der Waals surface area contributed by atoms with E-state index in [4.69, 9.17) is 15.0 Å². The number of nitrogens with one attached hydrogen (secondary N) is 1. The van der Waals surface area contributed by atoms with Gasteiger partial charge in [0.1, 0.15) is 0 Å². The van der Waals surface area contributed by atoms with Crippen LogP contribution in [0.25, 0.3) is 0 Å². The molecule has 0 aromatic carbocycles. The maximum atomic E-state index is 5.61. The minimum Gasteiger partial charge on any atom is -0.457 e. The minimum absolute atomic E-state index is 0.141. The second kappa shape index (κ2) is 5.12. The number of hydrogen-bond donors (Lipinski definition) is 2. The van der Waals surface area contributed by atoms with Crippen LogP contribution in [0.5, 0.6) is 0 Å². The first-order chi connectivity index (χ1) is 7.33. The quantitative estimate of drug-likeness (QED) is 0.654. The second-order valence-corrected chi connectivity index (χ2v) is 4.46. The van der Waals surface area contributed by atoms with Gasteiger partial charge in [0.2, 0.25) is 0 Å². The lowest BCUT2D eigenvalue weighted by Crippen LogP contribution is -2.36. The Bertz CT molecular complexity index is 310. The molecule has 4 nitrogen and oxygen atoms in total. The Kier molecular flexibility index (Phi) is 3.80. The molecule has 0 bridgehead atoms. The molecule has 84 valence electrons. The zero-order valence-electron chi connectivity index (χ0n) is 8.41. The summed E-state index contributed by atoms with van der Waals surface area (Å²) in [5.41, 5.74) is 3.96. The third-order valence-corrected chi connectivity index (χ3v) is 3.54. The lowest BCUT2D eigenvalue weighted by molar-refractivity contribution is 0.0534. The Morgan fingerprint density at radius 3 is 2.73 bits per heavy atom. The van der Waals surface area contributed by atoms with E-state index in [1.807, 2.05) is 6.07 Å². The fourth-order valence-electron chi connectivity index (χ4n) is 2.06. The molecule has 1 fully saturated rings. The molecule has 0 aliphatic carbocycles. The van der Waals surface area contributed by atoms with Gasteiger partial charge in [-0.05, 0) is 40.8 Å². The predicted octanol–water partition coefficient (Wildman–Crippen LogP) is 1.97. The highest BCUT2D eigenvalue weighted by Gasteiger charge is 2.26. The molecule has 1 atom stereocenters. The van der Waals surface area contributed by atoms with Gasteiger partial charge in [0.15, 0.2) is 4.67 Å². The smallest absolute Gasteiger partial charge is 0.173 e. The van der Waals surface area contributed by atoms with Crippen LogP contribution in [0, 0.1) is 5.92 Å². The van der Waals surface area contributed by atoms with Crippen LogP contribution in [0.1, 0.15) is 24.4 Å². The molecule has 3 N–H and O–H groups in total. The first kappa shape index (κ1) is 11.1. The van der Waals surface area contributed by atoms with E-state index in [0.29, 0.717) is 5.92 Å². The van der Waals surface area contributed by atoms with E-state index in [0.717, 1.165) is 36.3 Å². The van der Waals surface area contributed by atoms with Gasteiger partial charge in [0, 0.05) is 18.8 Å². The van der Waals surface area contributed by atoms with Crippen LogP contribution in [0.4, 0.5) is 0 Å². The van der Waals surface area contributed by atoms with Crippen molar-refractivity contribution >= 4 is 15.9 Å². The summed E-state index contributed by atoms with van der Waals surface area (Å²) >= 11 is 3.38. The monoisotopic (exact) mass is 274 g/mol. The fraction of sp³-hybridized carbons (Fsp3) is 0.600. The summed E-state index contributed by atoms with van der Waals surface area (Å²) in [7, 11) is 0. The number of hydrogen-bond acceptors (Lipinski definition) is 4. The molecule has 1 unspecified atom stereocenters. The van der Waals surface area contributed by atoms with Crippen LogP contribution in [0.15, 0.2) is 21.4 Å². The van der Waals surface area contributed by atoms with Gasteiger partial charge < -0.3 is 9.15 Å². The van der Waals surface area contributed by atoms with Crippen molar-refractivity contribution in [3.05, 3.63) is 22.6 Å². The van der Waals surface area contributed by atoms with Crippen molar-refractivity contribution in [1.29, 1.82) is 0 Å². The highest BCUT2D eigenvalue weighted by molar-refractivity contribution is 9.10. The molecule has 1 aromatic rings. The van der Waals surface area contributed by atoms with Crippen molar-refractivity contribution in [3.63, 3.8) is 0 Å². The first-order valence-electron chi connectivity index (χ1n) is 5.09. The number of furan rings is 1. The van der Waals surface area contributed by atoms with Crippen molar-refractivity contribution in [1.82, 2.24) is 5.43 Å². The molecule has 1 aliphatic rings. The largest absolute Gasteiger partial charge is 0.457 e. The van der Waals surface area contributed by atoms with Gasteiger partial charge in [-0.3, -0.25) is 11.3 Å². The molecule has 1 aliphatic heterocycles. The molecule has 0 radical (unpaired) electrons. The number of nitrogens with two attached hydrogens (primary N) is 1. The summed E-state index contributed by atoms with van der Waals surface area (Å²) < 4.78 is 11.3. The van der Waals surface area contributed by atoms with Crippen LogP contribution in [0.3, 0.4) is 0 Å². The molecule has 15 heavy (non-hydrogen) atoms. The zero-order chi connectivity index (χ0) is 10.7. The van der Waals surface area contributed by atoms with Crippen LogP contribution >= 0.6 is 15.9 Å². The van der Waals surface area contributed by atoms with Crippen molar-refractivity contribution in [2.24, 2.45) is 11.8 Å². The second-order valence-electron chi connectivity index (χ2n) is 3.74. The van der Waals surface area contributed by atoms with E-state index in [2.05, 4.69) is 21.4 Å². The molecule has 1 saturated heterocycles. The van der Waals surface area contributed by atoms with Gasteiger partial charge >= 0.3 is 0 Å². The van der Waals surface area contributed by atoms with Crippen LogP contribution in [-0.2, 0) is 4.74 Å². The maximum absolute atomic E-state index is 5.61. The van der Waals surface area contributed by atoms with Crippen molar-refractivity contribution in [2.75, 3.05) is 13.2 Å². The summed E-state index contributed by atoms with van der Waals surface area (Å²) in [5, 5.41) is 0. The molecule has 0 amide bonds. The van der Waals surface area contributed by atoms with E-state index in [9.17, 15) is 0 Å². The lowest BCUT2D eigenvalue weighted by atomic mass is 9.89. The Morgan fingerprint density at radius 1 is 1.47 bits per heavy atom. The average molecular weight is 275 g/mol. The van der Waals surface area contributed by atoms with Gasteiger partial charge in [-0.25, -0.2) is 0 Å². The van der Waals surface area contributed by atoms with E-state index in [1.165, 1.54) is 0 Å². The number of ether oxygens (including phenoxy) is 1. The fourth-order valence-corrected chi connectivity index (χ4v) is 2.54. The minimum atomic E-state index is 0.141. The Hall–Kier alpha value is -0.360. The number of rotatable bonds is 3. The average Bonchev–Trinajstić information content (AvgIpc) is 2.68. The van der Waals surface area contributed by atoms with Crippen molar-refractivity contribution in [3.8, 4) is 0 Å². The SMILES string of the molecule is NNC(c1ccoc1Br)C1CCOCC1. The zero-order valence-corrected chi connectivity index (χ0v) is 10.00. The molecule has 1 aromatic heterocycles. The van der Waals surface area contributed by atoms with Gasteiger partial charge in [0.25, 0.3) is 0 Å². The molecule has 2 rings (SSSR count). The number of halogens is 1. The van der Waals surface area contributed by atoms with Gasteiger partial charge in [-0.2, -0.15) is 0 Å². The summed E-state index contributed by atoms with van der Waals surface area (Å²) in [5.74, 6) is 6.12. The van der Waals surface area contributed by atoms with Gasteiger partial charge in [0.05, 0.1) is 12.3 Å². The van der Waals surface area contributed by atoms with E-state index in [1.54, 1.807) is 6.26 Å². The van der Waals surface area contributed by atoms with Gasteiger partial charge in [-0.1, -0.05) is 0 Å². The highest BCUT2D eigenvalue weighted by Crippen LogP contribution is 2.33. The highest BCUT2D eigenvalue weighted by atomic mass is 79.9. The summed E-state index contributed by atoms with van der Waals surface area (Å²) in [6, 6.07) is 2.09. The maximum Gasteiger partial charge on any atom is 0.173 e. The molecule has 0 spiro atoms. The first-order valence-corrected chi connectivity index (χ1v) is 5.89. The molecule has 0 saturated carbocycles. The molecular weight excluding hydrogens is 260 g/mol. The molecular formula is C10H15BrN2O2.